The molecule has 102 valence electrons. The molecular weight excluding hydrogens is 322 g/mol. The summed E-state index contributed by atoms with van der Waals surface area (Å²) in [5.41, 5.74) is 2.53. The molecular formula is C15H18BrNOS. The van der Waals surface area contributed by atoms with Gasteiger partial charge in [0.2, 0.25) is 0 Å². The molecule has 0 aliphatic carbocycles. The minimum absolute atomic E-state index is 0.225. The quantitative estimate of drug-likeness (QED) is 0.829. The highest BCUT2D eigenvalue weighted by Crippen LogP contribution is 2.29. The van der Waals surface area contributed by atoms with E-state index in [1.807, 2.05) is 19.2 Å². The van der Waals surface area contributed by atoms with Crippen LogP contribution < -0.4 is 10.1 Å². The number of thiophene rings is 1. The predicted molar refractivity (Wildman–Crippen MR) is 85.1 cm³/mol. The Morgan fingerprint density at radius 2 is 2.00 bits per heavy atom. The molecule has 0 aliphatic rings. The number of halogens is 1. The van der Waals surface area contributed by atoms with E-state index >= 15 is 0 Å². The predicted octanol–water partition coefficient (Wildman–Crippen LogP) is 4.61. The fourth-order valence-corrected chi connectivity index (χ4v) is 3.18. The standard InChI is InChI=1S/C15H18BrNOS/c1-3-8-18-13-6-4-11(5-7-13)15(17-2)12-9-14(16)19-10-12/h4-7,9-10,15,17H,3,8H2,1-2H3. The van der Waals surface area contributed by atoms with Gasteiger partial charge in [0.15, 0.2) is 0 Å². The van der Waals surface area contributed by atoms with Crippen molar-refractivity contribution in [2.75, 3.05) is 13.7 Å². The molecule has 1 unspecified atom stereocenters. The largest absolute Gasteiger partial charge is 0.494 e. The summed E-state index contributed by atoms with van der Waals surface area (Å²) in [6.07, 6.45) is 1.03. The van der Waals surface area contributed by atoms with E-state index < -0.39 is 0 Å². The van der Waals surface area contributed by atoms with Crippen molar-refractivity contribution in [3.8, 4) is 5.75 Å². The molecule has 0 radical (unpaired) electrons. The zero-order chi connectivity index (χ0) is 13.7. The molecule has 1 aromatic heterocycles. The van der Waals surface area contributed by atoms with Crippen LogP contribution in [0.25, 0.3) is 0 Å². The minimum Gasteiger partial charge on any atom is -0.494 e. The average Bonchev–Trinajstić information content (AvgIpc) is 2.85. The molecule has 0 spiro atoms. The summed E-state index contributed by atoms with van der Waals surface area (Å²) in [5, 5.41) is 5.53. The van der Waals surface area contributed by atoms with Crippen LogP contribution in [0.4, 0.5) is 0 Å². The average molecular weight is 340 g/mol. The molecule has 1 N–H and O–H groups in total. The van der Waals surface area contributed by atoms with E-state index in [1.54, 1.807) is 11.3 Å². The van der Waals surface area contributed by atoms with Gasteiger partial charge >= 0.3 is 0 Å². The molecule has 0 fully saturated rings. The number of rotatable bonds is 6. The van der Waals surface area contributed by atoms with Crippen LogP contribution in [0.3, 0.4) is 0 Å². The van der Waals surface area contributed by atoms with Gasteiger partial charge in [0.25, 0.3) is 0 Å². The molecule has 0 aliphatic heterocycles. The highest BCUT2D eigenvalue weighted by Gasteiger charge is 2.13. The van der Waals surface area contributed by atoms with Crippen molar-refractivity contribution < 1.29 is 4.74 Å². The van der Waals surface area contributed by atoms with E-state index in [1.165, 1.54) is 11.1 Å². The second kappa shape index (κ2) is 7.08. The molecule has 0 saturated heterocycles. The Hall–Kier alpha value is -0.840. The maximum absolute atomic E-state index is 5.61. The number of hydrogen-bond acceptors (Lipinski definition) is 3. The Morgan fingerprint density at radius 1 is 1.26 bits per heavy atom. The zero-order valence-corrected chi connectivity index (χ0v) is 13.6. The Balaban J connectivity index is 2.15. The van der Waals surface area contributed by atoms with Crippen LogP contribution in [-0.2, 0) is 0 Å². The zero-order valence-electron chi connectivity index (χ0n) is 11.2. The van der Waals surface area contributed by atoms with Gasteiger partial charge in [-0.1, -0.05) is 19.1 Å². The smallest absolute Gasteiger partial charge is 0.119 e. The summed E-state index contributed by atoms with van der Waals surface area (Å²) in [4.78, 5) is 0. The van der Waals surface area contributed by atoms with Gasteiger partial charge < -0.3 is 10.1 Å². The topological polar surface area (TPSA) is 21.3 Å². The third-order valence-electron chi connectivity index (χ3n) is 2.90. The van der Waals surface area contributed by atoms with Crippen molar-refractivity contribution in [2.24, 2.45) is 0 Å². The van der Waals surface area contributed by atoms with Crippen LogP contribution in [0, 0.1) is 0 Å². The lowest BCUT2D eigenvalue weighted by molar-refractivity contribution is 0.317. The fourth-order valence-electron chi connectivity index (χ4n) is 1.98. The summed E-state index contributed by atoms with van der Waals surface area (Å²) in [5.74, 6) is 0.937. The van der Waals surface area contributed by atoms with Gasteiger partial charge in [0.1, 0.15) is 5.75 Å². The molecule has 4 heteroatoms. The Labute approximate surface area is 126 Å². The van der Waals surface area contributed by atoms with Gasteiger partial charge in [0, 0.05) is 0 Å². The molecule has 2 nitrogen and oxygen atoms in total. The molecule has 1 heterocycles. The second-order valence-electron chi connectivity index (χ2n) is 4.32. The van der Waals surface area contributed by atoms with Crippen molar-refractivity contribution in [2.45, 2.75) is 19.4 Å². The first-order valence-electron chi connectivity index (χ1n) is 6.38. The van der Waals surface area contributed by atoms with Crippen LogP contribution in [-0.4, -0.2) is 13.7 Å². The van der Waals surface area contributed by atoms with Crippen LogP contribution in [0.15, 0.2) is 39.5 Å². The van der Waals surface area contributed by atoms with Crippen LogP contribution in [0.5, 0.6) is 5.75 Å². The fraction of sp³-hybridized carbons (Fsp3) is 0.333. The molecule has 19 heavy (non-hydrogen) atoms. The summed E-state index contributed by atoms with van der Waals surface area (Å²) >= 11 is 5.22. The van der Waals surface area contributed by atoms with Crippen LogP contribution >= 0.6 is 27.3 Å². The van der Waals surface area contributed by atoms with E-state index in [2.05, 4.69) is 51.7 Å². The van der Waals surface area contributed by atoms with Gasteiger partial charge in [-0.15, -0.1) is 11.3 Å². The Morgan fingerprint density at radius 3 is 2.53 bits per heavy atom. The lowest BCUT2D eigenvalue weighted by Crippen LogP contribution is -2.16. The normalized spacial score (nSPS) is 12.4. The van der Waals surface area contributed by atoms with Crippen molar-refractivity contribution in [3.05, 3.63) is 50.6 Å². The Bertz CT molecular complexity index is 509. The van der Waals surface area contributed by atoms with E-state index in [4.69, 9.17) is 4.74 Å². The number of nitrogens with one attached hydrogen (secondary N) is 1. The van der Waals surface area contributed by atoms with Gasteiger partial charge in [-0.2, -0.15) is 0 Å². The maximum Gasteiger partial charge on any atom is 0.119 e. The molecule has 0 amide bonds. The lowest BCUT2D eigenvalue weighted by atomic mass is 10.0. The molecule has 2 aromatic rings. The van der Waals surface area contributed by atoms with Crippen molar-refractivity contribution in [1.82, 2.24) is 5.32 Å². The monoisotopic (exact) mass is 339 g/mol. The van der Waals surface area contributed by atoms with Crippen LogP contribution in [0.2, 0.25) is 0 Å². The van der Waals surface area contributed by atoms with Crippen molar-refractivity contribution in [3.63, 3.8) is 0 Å². The lowest BCUT2D eigenvalue weighted by Gasteiger charge is -2.16. The maximum atomic E-state index is 5.61. The van der Waals surface area contributed by atoms with Gasteiger partial charge in [-0.3, -0.25) is 0 Å². The third-order valence-corrected chi connectivity index (χ3v) is 4.42. The van der Waals surface area contributed by atoms with E-state index in [-0.39, 0.29) is 6.04 Å². The molecule has 1 atom stereocenters. The van der Waals surface area contributed by atoms with E-state index in [9.17, 15) is 0 Å². The first-order chi connectivity index (χ1) is 9.24. The SMILES string of the molecule is CCCOc1ccc(C(NC)c2csc(Br)c2)cc1. The first kappa shape index (κ1) is 14.6. The van der Waals surface area contributed by atoms with Gasteiger partial charge in [-0.25, -0.2) is 0 Å². The highest BCUT2D eigenvalue weighted by molar-refractivity contribution is 9.11. The van der Waals surface area contributed by atoms with Gasteiger partial charge in [-0.05, 0) is 64.1 Å². The first-order valence-corrected chi connectivity index (χ1v) is 8.05. The van der Waals surface area contributed by atoms with E-state index in [0.717, 1.165) is 22.6 Å². The molecule has 1 aromatic carbocycles. The number of ether oxygens (including phenoxy) is 1. The number of benzene rings is 1. The number of hydrogen-bond donors (Lipinski definition) is 1. The summed E-state index contributed by atoms with van der Waals surface area (Å²) in [7, 11) is 1.98. The summed E-state index contributed by atoms with van der Waals surface area (Å²) in [6, 6.07) is 10.7. The van der Waals surface area contributed by atoms with E-state index in [0.29, 0.717) is 0 Å². The van der Waals surface area contributed by atoms with Crippen molar-refractivity contribution in [1.29, 1.82) is 0 Å². The minimum atomic E-state index is 0.225. The summed E-state index contributed by atoms with van der Waals surface area (Å²) < 4.78 is 6.77. The van der Waals surface area contributed by atoms with Crippen LogP contribution in [0.1, 0.15) is 30.5 Å². The molecule has 2 rings (SSSR count). The molecule has 0 bridgehead atoms. The third kappa shape index (κ3) is 3.81. The second-order valence-corrected chi connectivity index (χ2v) is 6.61. The van der Waals surface area contributed by atoms with Crippen molar-refractivity contribution >= 4 is 27.3 Å². The van der Waals surface area contributed by atoms with Gasteiger partial charge in [0.05, 0.1) is 16.4 Å². The Kier molecular flexibility index (Phi) is 5.43. The summed E-state index contributed by atoms with van der Waals surface area (Å²) in [6.45, 7) is 2.88. The molecule has 0 saturated carbocycles. The highest BCUT2D eigenvalue weighted by atomic mass is 79.9.